The molecular weight excluding hydrogens is 384 g/mol. The molecule has 2 aliphatic heterocycles. The quantitative estimate of drug-likeness (QED) is 0.681. The maximum absolute atomic E-state index is 12.7. The fourth-order valence-electron chi connectivity index (χ4n) is 3.89. The predicted octanol–water partition coefficient (Wildman–Crippen LogP) is 2.41. The first kappa shape index (κ1) is 18.6. The van der Waals surface area contributed by atoms with Gasteiger partial charge in [0.2, 0.25) is 17.6 Å². The van der Waals surface area contributed by atoms with Gasteiger partial charge in [0.05, 0.1) is 0 Å². The SMILES string of the molecule is CC1=CC(C(=O)N2CCC(Nc3nccc4ccc(-c5noc(C)n5)cc34)C2)NO1. The van der Waals surface area contributed by atoms with Crippen molar-refractivity contribution in [2.45, 2.75) is 32.4 Å². The number of likely N-dealkylation sites (tertiary alicyclic amines) is 1. The van der Waals surface area contributed by atoms with Crippen molar-refractivity contribution < 1.29 is 14.2 Å². The highest BCUT2D eigenvalue weighted by molar-refractivity contribution is 5.94. The van der Waals surface area contributed by atoms with Crippen molar-refractivity contribution in [3.8, 4) is 11.4 Å². The summed E-state index contributed by atoms with van der Waals surface area (Å²) in [5, 5.41) is 9.57. The number of aromatic nitrogens is 3. The zero-order chi connectivity index (χ0) is 20.7. The van der Waals surface area contributed by atoms with Crippen molar-refractivity contribution in [3.63, 3.8) is 0 Å². The number of pyridine rings is 1. The molecule has 1 aromatic carbocycles. The van der Waals surface area contributed by atoms with Crippen LogP contribution in [0.1, 0.15) is 19.2 Å². The molecule has 1 amide bonds. The number of anilines is 1. The van der Waals surface area contributed by atoms with Gasteiger partial charge in [0.25, 0.3) is 0 Å². The Morgan fingerprint density at radius 3 is 2.97 bits per heavy atom. The van der Waals surface area contributed by atoms with Crippen LogP contribution in [0, 0.1) is 6.92 Å². The van der Waals surface area contributed by atoms with Crippen molar-refractivity contribution in [2.24, 2.45) is 0 Å². The molecule has 5 rings (SSSR count). The molecule has 2 aliphatic rings. The third kappa shape index (κ3) is 3.48. The van der Waals surface area contributed by atoms with Gasteiger partial charge in [0, 0.05) is 43.2 Å². The standard InChI is InChI=1S/C21H22N6O3/c1-12-9-18(25-29-12)21(28)27-8-6-16(11-27)24-20-17-10-15(19-23-13(2)30-26-19)4-3-14(17)5-7-22-20/h3-5,7,9-10,16,18,25H,6,8,11H2,1-2H3,(H,22,24). The Morgan fingerprint density at radius 2 is 2.20 bits per heavy atom. The van der Waals surface area contributed by atoms with Crippen LogP contribution in [-0.4, -0.2) is 51.1 Å². The second-order valence-electron chi connectivity index (χ2n) is 7.62. The fraction of sp³-hybridized carbons (Fsp3) is 0.333. The average Bonchev–Trinajstić information content (AvgIpc) is 3.49. The molecule has 1 saturated heterocycles. The van der Waals surface area contributed by atoms with E-state index in [4.69, 9.17) is 9.36 Å². The zero-order valence-electron chi connectivity index (χ0n) is 16.8. The van der Waals surface area contributed by atoms with E-state index in [1.807, 2.05) is 36.1 Å². The lowest BCUT2D eigenvalue weighted by Crippen LogP contribution is -2.42. The lowest BCUT2D eigenvalue weighted by Gasteiger charge is -2.20. The Balaban J connectivity index is 1.34. The minimum atomic E-state index is -0.416. The van der Waals surface area contributed by atoms with E-state index in [0.717, 1.165) is 34.3 Å². The largest absolute Gasteiger partial charge is 0.413 e. The summed E-state index contributed by atoms with van der Waals surface area (Å²) in [4.78, 5) is 28.6. The van der Waals surface area contributed by atoms with Gasteiger partial charge in [-0.1, -0.05) is 17.3 Å². The van der Waals surface area contributed by atoms with Crippen molar-refractivity contribution >= 4 is 22.5 Å². The molecule has 2 atom stereocenters. The third-order valence-corrected chi connectivity index (χ3v) is 5.41. The van der Waals surface area contributed by atoms with Gasteiger partial charge < -0.3 is 19.6 Å². The summed E-state index contributed by atoms with van der Waals surface area (Å²) in [5.41, 5.74) is 3.63. The summed E-state index contributed by atoms with van der Waals surface area (Å²) >= 11 is 0. The molecule has 4 heterocycles. The van der Waals surface area contributed by atoms with E-state index in [9.17, 15) is 4.79 Å². The topological polar surface area (TPSA) is 105 Å². The van der Waals surface area contributed by atoms with Crippen LogP contribution in [0.5, 0.6) is 0 Å². The fourth-order valence-corrected chi connectivity index (χ4v) is 3.89. The monoisotopic (exact) mass is 406 g/mol. The van der Waals surface area contributed by atoms with Gasteiger partial charge in [-0.25, -0.2) is 4.98 Å². The minimum Gasteiger partial charge on any atom is -0.413 e. The van der Waals surface area contributed by atoms with Crippen LogP contribution in [0.2, 0.25) is 0 Å². The lowest BCUT2D eigenvalue weighted by atomic mass is 10.1. The molecule has 9 nitrogen and oxygen atoms in total. The van der Waals surface area contributed by atoms with Crippen LogP contribution in [0.4, 0.5) is 5.82 Å². The average molecular weight is 406 g/mol. The van der Waals surface area contributed by atoms with Crippen molar-refractivity contribution in [3.05, 3.63) is 48.2 Å². The minimum absolute atomic E-state index is 0.0248. The highest BCUT2D eigenvalue weighted by Crippen LogP contribution is 2.28. The number of rotatable bonds is 4. The van der Waals surface area contributed by atoms with E-state index in [1.165, 1.54) is 0 Å². The van der Waals surface area contributed by atoms with E-state index in [1.54, 1.807) is 19.2 Å². The highest BCUT2D eigenvalue weighted by Gasteiger charge is 2.32. The molecule has 2 aromatic heterocycles. The number of benzene rings is 1. The third-order valence-electron chi connectivity index (χ3n) is 5.41. The van der Waals surface area contributed by atoms with Gasteiger partial charge in [-0.05, 0) is 36.9 Å². The van der Waals surface area contributed by atoms with E-state index >= 15 is 0 Å². The first-order valence-corrected chi connectivity index (χ1v) is 9.92. The van der Waals surface area contributed by atoms with Crippen LogP contribution in [0.3, 0.4) is 0 Å². The lowest BCUT2D eigenvalue weighted by molar-refractivity contribution is -0.132. The van der Waals surface area contributed by atoms with E-state index in [-0.39, 0.29) is 11.9 Å². The Hall–Kier alpha value is -3.46. The first-order valence-electron chi connectivity index (χ1n) is 9.92. The maximum atomic E-state index is 12.7. The number of hydrogen-bond acceptors (Lipinski definition) is 8. The first-order chi connectivity index (χ1) is 14.6. The molecular formula is C21H22N6O3. The molecule has 30 heavy (non-hydrogen) atoms. The molecule has 1 fully saturated rings. The number of carbonyl (C=O) groups excluding carboxylic acids is 1. The number of nitrogens with one attached hydrogen (secondary N) is 2. The molecule has 0 aliphatic carbocycles. The summed E-state index contributed by atoms with van der Waals surface area (Å²) in [6, 6.07) is 7.68. The van der Waals surface area contributed by atoms with Crippen molar-refractivity contribution in [1.82, 2.24) is 25.5 Å². The van der Waals surface area contributed by atoms with Gasteiger partial charge in [0.15, 0.2) is 0 Å². The van der Waals surface area contributed by atoms with Gasteiger partial charge in [-0.15, -0.1) is 5.48 Å². The smallest absolute Gasteiger partial charge is 0.247 e. The number of nitrogens with zero attached hydrogens (tertiary/aromatic N) is 4. The molecule has 0 spiro atoms. The van der Waals surface area contributed by atoms with Crippen LogP contribution >= 0.6 is 0 Å². The van der Waals surface area contributed by atoms with Crippen molar-refractivity contribution in [1.29, 1.82) is 0 Å². The zero-order valence-corrected chi connectivity index (χ0v) is 16.8. The summed E-state index contributed by atoms with van der Waals surface area (Å²) in [6.07, 6.45) is 4.44. The predicted molar refractivity (Wildman–Crippen MR) is 110 cm³/mol. The molecule has 0 bridgehead atoms. The van der Waals surface area contributed by atoms with Crippen LogP contribution in [0.15, 0.2) is 46.8 Å². The number of fused-ring (bicyclic) bond motifs is 1. The van der Waals surface area contributed by atoms with Gasteiger partial charge in [-0.3, -0.25) is 4.79 Å². The van der Waals surface area contributed by atoms with Gasteiger partial charge >= 0.3 is 0 Å². The highest BCUT2D eigenvalue weighted by atomic mass is 16.7. The second-order valence-corrected chi connectivity index (χ2v) is 7.62. The van der Waals surface area contributed by atoms with Gasteiger partial charge in [-0.2, -0.15) is 4.98 Å². The summed E-state index contributed by atoms with van der Waals surface area (Å²) in [7, 11) is 0. The number of amides is 1. The Bertz CT molecular complexity index is 1140. The number of carbonyl (C=O) groups is 1. The van der Waals surface area contributed by atoms with E-state index in [0.29, 0.717) is 24.8 Å². The number of hydrogen-bond donors (Lipinski definition) is 2. The number of aryl methyl sites for hydroxylation is 1. The van der Waals surface area contributed by atoms with E-state index < -0.39 is 6.04 Å². The van der Waals surface area contributed by atoms with Crippen LogP contribution in [0.25, 0.3) is 22.2 Å². The second kappa shape index (κ2) is 7.42. The molecule has 2 N–H and O–H groups in total. The summed E-state index contributed by atoms with van der Waals surface area (Å²) in [5.74, 6) is 2.60. The Labute approximate surface area is 173 Å². The molecule has 0 radical (unpaired) electrons. The Kier molecular flexibility index (Phi) is 4.59. The number of hydroxylamine groups is 1. The number of allylic oxidation sites excluding steroid dienone is 1. The van der Waals surface area contributed by atoms with Crippen LogP contribution in [-0.2, 0) is 9.63 Å². The molecule has 9 heteroatoms. The Morgan fingerprint density at radius 1 is 1.30 bits per heavy atom. The molecule has 3 aromatic rings. The summed E-state index contributed by atoms with van der Waals surface area (Å²) < 4.78 is 5.10. The normalized spacial score (nSPS) is 21.0. The van der Waals surface area contributed by atoms with Crippen molar-refractivity contribution in [2.75, 3.05) is 18.4 Å². The maximum Gasteiger partial charge on any atom is 0.247 e. The molecule has 154 valence electrons. The van der Waals surface area contributed by atoms with Gasteiger partial charge in [0.1, 0.15) is 17.6 Å². The molecule has 0 saturated carbocycles. The van der Waals surface area contributed by atoms with Crippen LogP contribution < -0.4 is 10.8 Å². The summed E-state index contributed by atoms with van der Waals surface area (Å²) in [6.45, 7) is 4.90. The van der Waals surface area contributed by atoms with E-state index in [2.05, 4.69) is 25.9 Å². The molecule has 2 unspecified atom stereocenters.